The number of hydrogen-bond donors (Lipinski definition) is 2. The van der Waals surface area contributed by atoms with Gasteiger partial charge in [0.15, 0.2) is 0 Å². The number of nitrogens with one attached hydrogen (secondary N) is 1. The van der Waals surface area contributed by atoms with Crippen molar-refractivity contribution in [3.8, 4) is 5.75 Å². The molecule has 138 valence electrons. The van der Waals surface area contributed by atoms with E-state index in [1.807, 2.05) is 12.1 Å². The van der Waals surface area contributed by atoms with Gasteiger partial charge in [-0.3, -0.25) is 14.5 Å². The van der Waals surface area contributed by atoms with Crippen LogP contribution < -0.4 is 9.46 Å². The summed E-state index contributed by atoms with van der Waals surface area (Å²) in [6.07, 6.45) is 2.39. The molecular weight excluding hydrogens is 358 g/mol. The Morgan fingerprint density at radius 1 is 1.38 bits per heavy atom. The number of fused-ring (bicyclic) bond motifs is 1. The number of ether oxygens (including phenoxy) is 1. The lowest BCUT2D eigenvalue weighted by Gasteiger charge is -2.28. The Hall–Kier alpha value is -2.65. The van der Waals surface area contributed by atoms with Crippen LogP contribution in [0.1, 0.15) is 22.1 Å². The highest BCUT2D eigenvalue weighted by molar-refractivity contribution is 7.92. The van der Waals surface area contributed by atoms with Crippen molar-refractivity contribution in [1.29, 1.82) is 0 Å². The van der Waals surface area contributed by atoms with E-state index < -0.39 is 22.0 Å². The number of amides is 1. The second-order valence-corrected chi connectivity index (χ2v) is 7.64. The molecule has 0 saturated heterocycles. The van der Waals surface area contributed by atoms with Gasteiger partial charge in [-0.1, -0.05) is 18.2 Å². The molecule has 1 aliphatic rings. The van der Waals surface area contributed by atoms with Crippen LogP contribution in [0, 0.1) is 0 Å². The van der Waals surface area contributed by atoms with Crippen LogP contribution in [-0.4, -0.2) is 55.3 Å². The minimum absolute atomic E-state index is 0.0801. The van der Waals surface area contributed by atoms with Crippen LogP contribution in [0.15, 0.2) is 42.6 Å². The summed E-state index contributed by atoms with van der Waals surface area (Å²) in [5.41, 5.74) is 1.04. The zero-order valence-corrected chi connectivity index (χ0v) is 14.9. The Kier molecular flexibility index (Phi) is 5.10. The van der Waals surface area contributed by atoms with Gasteiger partial charge in [0.25, 0.3) is 5.91 Å². The molecule has 1 aromatic heterocycles. The first-order chi connectivity index (χ1) is 12.4. The molecule has 26 heavy (non-hydrogen) atoms. The summed E-state index contributed by atoms with van der Waals surface area (Å²) in [5.74, 6) is 0.212. The number of nitrogens with zero attached hydrogens (tertiary/aromatic N) is 2. The van der Waals surface area contributed by atoms with Crippen LogP contribution in [0.25, 0.3) is 0 Å². The summed E-state index contributed by atoms with van der Waals surface area (Å²) in [6, 6.07) is 9.49. The van der Waals surface area contributed by atoms with Gasteiger partial charge in [0, 0.05) is 11.8 Å². The number of anilines is 1. The maximum atomic E-state index is 13.0. The highest BCUT2D eigenvalue weighted by atomic mass is 32.2. The molecule has 0 saturated carbocycles. The van der Waals surface area contributed by atoms with E-state index in [1.165, 1.54) is 23.2 Å². The van der Waals surface area contributed by atoms with E-state index in [0.717, 1.165) is 6.26 Å². The van der Waals surface area contributed by atoms with Crippen molar-refractivity contribution in [3.63, 3.8) is 0 Å². The van der Waals surface area contributed by atoms with Crippen molar-refractivity contribution in [1.82, 2.24) is 9.88 Å². The highest BCUT2D eigenvalue weighted by Gasteiger charge is 2.30. The molecule has 9 heteroatoms. The molecule has 0 radical (unpaired) electrons. The van der Waals surface area contributed by atoms with Gasteiger partial charge in [-0.15, -0.1) is 0 Å². The fourth-order valence-electron chi connectivity index (χ4n) is 2.88. The molecule has 0 spiro atoms. The number of aromatic nitrogens is 1. The molecule has 1 aromatic carbocycles. The summed E-state index contributed by atoms with van der Waals surface area (Å²) in [4.78, 5) is 18.5. The van der Waals surface area contributed by atoms with Crippen LogP contribution in [0.4, 0.5) is 5.69 Å². The van der Waals surface area contributed by atoms with Gasteiger partial charge >= 0.3 is 0 Å². The number of pyridine rings is 1. The van der Waals surface area contributed by atoms with Gasteiger partial charge in [0.1, 0.15) is 18.1 Å². The van der Waals surface area contributed by atoms with E-state index >= 15 is 0 Å². The predicted molar refractivity (Wildman–Crippen MR) is 95.5 cm³/mol. The van der Waals surface area contributed by atoms with Crippen molar-refractivity contribution in [2.45, 2.75) is 6.04 Å². The SMILES string of the molecule is CS(=O)(=O)Nc1ccnc(C(=O)N2CCOc3ccccc3C2CO)c1. The van der Waals surface area contributed by atoms with Gasteiger partial charge in [-0.2, -0.15) is 0 Å². The summed E-state index contributed by atoms with van der Waals surface area (Å²) >= 11 is 0. The second kappa shape index (κ2) is 7.30. The summed E-state index contributed by atoms with van der Waals surface area (Å²) < 4.78 is 30.8. The summed E-state index contributed by atoms with van der Waals surface area (Å²) in [7, 11) is -3.47. The fraction of sp³-hybridized carbons (Fsp3) is 0.294. The predicted octanol–water partition coefficient (Wildman–Crippen LogP) is 1.02. The van der Waals surface area contributed by atoms with Crippen molar-refractivity contribution in [2.75, 3.05) is 30.7 Å². The molecule has 8 nitrogen and oxygen atoms in total. The molecule has 1 aliphatic heterocycles. The normalized spacial score (nSPS) is 17.0. The molecule has 1 atom stereocenters. The summed E-state index contributed by atoms with van der Waals surface area (Å²) in [5, 5.41) is 9.87. The number of carbonyl (C=O) groups excluding carboxylic acids is 1. The second-order valence-electron chi connectivity index (χ2n) is 5.89. The van der Waals surface area contributed by atoms with Gasteiger partial charge in [0.05, 0.1) is 31.1 Å². The molecule has 0 aliphatic carbocycles. The fourth-order valence-corrected chi connectivity index (χ4v) is 3.43. The first kappa shape index (κ1) is 18.2. The molecule has 2 aromatic rings. The smallest absolute Gasteiger partial charge is 0.273 e. The van der Waals surface area contributed by atoms with Crippen LogP contribution in [0.2, 0.25) is 0 Å². The van der Waals surface area contributed by atoms with Crippen LogP contribution in [0.3, 0.4) is 0 Å². The lowest BCUT2D eigenvalue weighted by atomic mass is 10.0. The number of carbonyl (C=O) groups is 1. The zero-order chi connectivity index (χ0) is 18.7. The van der Waals surface area contributed by atoms with Gasteiger partial charge in [0.2, 0.25) is 10.0 Å². The third-order valence-electron chi connectivity index (χ3n) is 3.96. The number of benzene rings is 1. The monoisotopic (exact) mass is 377 g/mol. The lowest BCUT2D eigenvalue weighted by Crippen LogP contribution is -2.38. The minimum Gasteiger partial charge on any atom is -0.491 e. The molecule has 0 bridgehead atoms. The van der Waals surface area contributed by atoms with E-state index in [0.29, 0.717) is 11.3 Å². The molecule has 2 N–H and O–H groups in total. The number of para-hydroxylation sites is 1. The van der Waals surface area contributed by atoms with Crippen LogP contribution in [0.5, 0.6) is 5.75 Å². The first-order valence-electron chi connectivity index (χ1n) is 7.96. The van der Waals surface area contributed by atoms with Crippen LogP contribution in [-0.2, 0) is 10.0 Å². The molecule has 1 unspecified atom stereocenters. The van der Waals surface area contributed by atoms with Crippen molar-refractivity contribution in [3.05, 3.63) is 53.9 Å². The van der Waals surface area contributed by atoms with Crippen molar-refractivity contribution < 1.29 is 23.1 Å². The Morgan fingerprint density at radius 3 is 2.88 bits per heavy atom. The van der Waals surface area contributed by atoms with E-state index in [1.54, 1.807) is 12.1 Å². The van der Waals surface area contributed by atoms with E-state index in [9.17, 15) is 18.3 Å². The number of rotatable bonds is 4. The Bertz CT molecular complexity index is 916. The topological polar surface area (TPSA) is 109 Å². The average Bonchev–Trinajstić information content (AvgIpc) is 2.79. The number of hydrogen-bond acceptors (Lipinski definition) is 6. The van der Waals surface area contributed by atoms with E-state index in [-0.39, 0.29) is 31.1 Å². The molecule has 3 rings (SSSR count). The molecule has 2 heterocycles. The standard InChI is InChI=1S/C17H19N3O5S/c1-26(23,24)19-12-6-7-18-14(10-12)17(22)20-8-9-25-16-5-3-2-4-13(16)15(20)11-21/h2-7,10,15,21H,8-9,11H2,1H3,(H,18,19). The number of aliphatic hydroxyl groups is 1. The zero-order valence-electron chi connectivity index (χ0n) is 14.1. The lowest BCUT2D eigenvalue weighted by molar-refractivity contribution is 0.0579. The molecular formula is C17H19N3O5S. The highest BCUT2D eigenvalue weighted by Crippen LogP contribution is 2.32. The molecule has 0 fully saturated rings. The Labute approximate surface area is 151 Å². The van der Waals surface area contributed by atoms with Gasteiger partial charge < -0.3 is 14.7 Å². The largest absolute Gasteiger partial charge is 0.491 e. The van der Waals surface area contributed by atoms with Crippen molar-refractivity contribution >= 4 is 21.6 Å². The Morgan fingerprint density at radius 2 is 2.15 bits per heavy atom. The van der Waals surface area contributed by atoms with Crippen molar-refractivity contribution in [2.24, 2.45) is 0 Å². The maximum absolute atomic E-state index is 13.0. The average molecular weight is 377 g/mol. The van der Waals surface area contributed by atoms with Gasteiger partial charge in [-0.05, 0) is 18.2 Å². The third-order valence-corrected chi connectivity index (χ3v) is 4.57. The molecule has 1 amide bonds. The van der Waals surface area contributed by atoms with Crippen LogP contribution >= 0.6 is 0 Å². The first-order valence-corrected chi connectivity index (χ1v) is 9.85. The van der Waals surface area contributed by atoms with E-state index in [4.69, 9.17) is 4.74 Å². The minimum atomic E-state index is -3.47. The Balaban J connectivity index is 1.93. The third kappa shape index (κ3) is 3.94. The number of sulfonamides is 1. The van der Waals surface area contributed by atoms with E-state index in [2.05, 4.69) is 9.71 Å². The summed E-state index contributed by atoms with van der Waals surface area (Å²) in [6.45, 7) is 0.276. The maximum Gasteiger partial charge on any atom is 0.273 e. The number of aliphatic hydroxyl groups excluding tert-OH is 1. The van der Waals surface area contributed by atoms with Gasteiger partial charge in [-0.25, -0.2) is 8.42 Å². The quantitative estimate of drug-likeness (QED) is 0.823.